The number of carbonyl (C=O) groups excluding carboxylic acids is 2. The first-order valence-corrected chi connectivity index (χ1v) is 6.02. The Morgan fingerprint density at radius 3 is 2.27 bits per heavy atom. The van der Waals surface area contributed by atoms with Crippen molar-refractivity contribution in [3.63, 3.8) is 0 Å². The second-order valence-corrected chi connectivity index (χ2v) is 5.10. The van der Waals surface area contributed by atoms with Gasteiger partial charge in [-0.25, -0.2) is 0 Å². The molecule has 0 spiro atoms. The number of hydrogen-bond acceptors (Lipinski definition) is 2. The van der Waals surface area contributed by atoms with Gasteiger partial charge >= 0.3 is 0 Å². The van der Waals surface area contributed by atoms with Crippen molar-refractivity contribution in [2.24, 2.45) is 17.3 Å². The second-order valence-electron chi connectivity index (χ2n) is 5.10. The van der Waals surface area contributed by atoms with E-state index in [1.54, 1.807) is 0 Å². The van der Waals surface area contributed by atoms with Crippen LogP contribution in [0, 0.1) is 17.3 Å². The summed E-state index contributed by atoms with van der Waals surface area (Å²) in [7, 11) is 0. The van der Waals surface area contributed by atoms with Gasteiger partial charge in [0.15, 0.2) is 0 Å². The van der Waals surface area contributed by atoms with E-state index in [0.29, 0.717) is 6.42 Å². The van der Waals surface area contributed by atoms with Crippen LogP contribution in [0.3, 0.4) is 0 Å². The number of carbonyl (C=O) groups is 2. The SMILES string of the molecule is CCC(C)(CC)C1C(=O)CCC(C)C1=O. The first-order valence-electron chi connectivity index (χ1n) is 6.02. The van der Waals surface area contributed by atoms with Gasteiger partial charge in [0.05, 0.1) is 5.92 Å². The van der Waals surface area contributed by atoms with Crippen LogP contribution in [-0.2, 0) is 9.59 Å². The average Bonchev–Trinajstić information content (AvgIpc) is 2.23. The van der Waals surface area contributed by atoms with Gasteiger partial charge in [-0.15, -0.1) is 0 Å². The van der Waals surface area contributed by atoms with Crippen LogP contribution in [0.15, 0.2) is 0 Å². The van der Waals surface area contributed by atoms with Crippen molar-refractivity contribution in [2.45, 2.75) is 53.4 Å². The highest BCUT2D eigenvalue weighted by atomic mass is 16.2. The van der Waals surface area contributed by atoms with E-state index < -0.39 is 0 Å². The maximum Gasteiger partial charge on any atom is 0.146 e. The zero-order valence-electron chi connectivity index (χ0n) is 10.3. The van der Waals surface area contributed by atoms with Gasteiger partial charge in [0, 0.05) is 12.3 Å². The summed E-state index contributed by atoms with van der Waals surface area (Å²) in [6.45, 7) is 8.17. The van der Waals surface area contributed by atoms with E-state index in [4.69, 9.17) is 0 Å². The second kappa shape index (κ2) is 4.46. The van der Waals surface area contributed by atoms with Crippen molar-refractivity contribution in [3.8, 4) is 0 Å². The molecule has 2 nitrogen and oxygen atoms in total. The molecule has 2 heteroatoms. The summed E-state index contributed by atoms with van der Waals surface area (Å²) in [6, 6.07) is 0. The molecule has 0 heterocycles. The fourth-order valence-electron chi connectivity index (χ4n) is 2.48. The summed E-state index contributed by atoms with van der Waals surface area (Å²) in [5, 5.41) is 0. The van der Waals surface area contributed by atoms with E-state index in [1.165, 1.54) is 0 Å². The summed E-state index contributed by atoms with van der Waals surface area (Å²) in [6.07, 6.45) is 3.14. The number of ketones is 2. The molecule has 15 heavy (non-hydrogen) atoms. The lowest BCUT2D eigenvalue weighted by atomic mass is 9.64. The summed E-state index contributed by atoms with van der Waals surface area (Å²) in [4.78, 5) is 24.0. The Kier molecular flexibility index (Phi) is 3.69. The molecule has 0 radical (unpaired) electrons. The van der Waals surface area contributed by atoms with Crippen LogP contribution in [0.2, 0.25) is 0 Å². The van der Waals surface area contributed by atoms with Gasteiger partial charge in [-0.1, -0.05) is 27.7 Å². The molecule has 1 fully saturated rings. The Labute approximate surface area is 92.4 Å². The van der Waals surface area contributed by atoms with Crippen molar-refractivity contribution >= 4 is 11.6 Å². The van der Waals surface area contributed by atoms with Gasteiger partial charge < -0.3 is 0 Å². The predicted octanol–water partition coefficient (Wildman–Crippen LogP) is 3.00. The largest absolute Gasteiger partial charge is 0.299 e. The van der Waals surface area contributed by atoms with Crippen molar-refractivity contribution in [1.29, 1.82) is 0 Å². The monoisotopic (exact) mass is 210 g/mol. The van der Waals surface area contributed by atoms with Gasteiger partial charge in [-0.05, 0) is 24.7 Å². The molecule has 1 aliphatic carbocycles. The third-order valence-corrected chi connectivity index (χ3v) is 4.23. The zero-order chi connectivity index (χ0) is 11.6. The van der Waals surface area contributed by atoms with E-state index in [9.17, 15) is 9.59 Å². The molecule has 0 aromatic heterocycles. The molecule has 1 saturated carbocycles. The van der Waals surface area contributed by atoms with Crippen LogP contribution in [0.4, 0.5) is 0 Å². The smallest absolute Gasteiger partial charge is 0.146 e. The van der Waals surface area contributed by atoms with E-state index in [0.717, 1.165) is 19.3 Å². The standard InChI is InChI=1S/C13H22O2/c1-5-13(4,6-2)11-10(14)8-7-9(3)12(11)15/h9,11H,5-8H2,1-4H3. The fourth-order valence-corrected chi connectivity index (χ4v) is 2.48. The van der Waals surface area contributed by atoms with Crippen LogP contribution in [0.25, 0.3) is 0 Å². The van der Waals surface area contributed by atoms with Gasteiger partial charge in [-0.3, -0.25) is 9.59 Å². The normalized spacial score (nSPS) is 28.3. The highest BCUT2D eigenvalue weighted by Gasteiger charge is 2.44. The van der Waals surface area contributed by atoms with Crippen LogP contribution in [0.1, 0.15) is 53.4 Å². The van der Waals surface area contributed by atoms with E-state index >= 15 is 0 Å². The molecular formula is C13H22O2. The molecule has 86 valence electrons. The zero-order valence-corrected chi connectivity index (χ0v) is 10.3. The molecule has 0 amide bonds. The van der Waals surface area contributed by atoms with E-state index in [-0.39, 0.29) is 28.8 Å². The molecule has 0 aliphatic heterocycles. The molecule has 0 saturated heterocycles. The lowest BCUT2D eigenvalue weighted by molar-refractivity contribution is -0.144. The number of hydrogen-bond donors (Lipinski definition) is 0. The van der Waals surface area contributed by atoms with Gasteiger partial charge in [0.2, 0.25) is 0 Å². The Hall–Kier alpha value is -0.660. The topological polar surface area (TPSA) is 34.1 Å². The maximum atomic E-state index is 12.1. The molecule has 2 atom stereocenters. The van der Waals surface area contributed by atoms with Crippen molar-refractivity contribution in [2.75, 3.05) is 0 Å². The third-order valence-electron chi connectivity index (χ3n) is 4.23. The van der Waals surface area contributed by atoms with Gasteiger partial charge in [0.1, 0.15) is 11.6 Å². The Morgan fingerprint density at radius 1 is 1.27 bits per heavy atom. The lowest BCUT2D eigenvalue weighted by Gasteiger charge is -2.38. The summed E-state index contributed by atoms with van der Waals surface area (Å²) in [5.41, 5.74) is -0.122. The predicted molar refractivity (Wildman–Crippen MR) is 60.6 cm³/mol. The number of Topliss-reactive ketones (excluding diaryl/α,β-unsaturated/α-hetero) is 2. The highest BCUT2D eigenvalue weighted by molar-refractivity contribution is 6.06. The highest BCUT2D eigenvalue weighted by Crippen LogP contribution is 2.40. The molecule has 0 bridgehead atoms. The van der Waals surface area contributed by atoms with Crippen molar-refractivity contribution < 1.29 is 9.59 Å². The van der Waals surface area contributed by atoms with Crippen LogP contribution < -0.4 is 0 Å². The maximum absolute atomic E-state index is 12.1. The minimum atomic E-state index is -0.337. The minimum Gasteiger partial charge on any atom is -0.299 e. The molecule has 1 rings (SSSR count). The fraction of sp³-hybridized carbons (Fsp3) is 0.846. The molecule has 1 aliphatic rings. The van der Waals surface area contributed by atoms with Crippen LogP contribution in [0.5, 0.6) is 0 Å². The molecule has 0 aromatic rings. The Balaban J connectivity index is 2.98. The summed E-state index contributed by atoms with van der Waals surface area (Å²) < 4.78 is 0. The molecule has 0 aromatic carbocycles. The first kappa shape index (κ1) is 12.4. The summed E-state index contributed by atoms with van der Waals surface area (Å²) >= 11 is 0. The molecule has 2 unspecified atom stereocenters. The summed E-state index contributed by atoms with van der Waals surface area (Å²) in [5.74, 6) is 0.0862. The van der Waals surface area contributed by atoms with Crippen LogP contribution in [-0.4, -0.2) is 11.6 Å². The quantitative estimate of drug-likeness (QED) is 0.671. The van der Waals surface area contributed by atoms with E-state index in [1.807, 2.05) is 6.92 Å². The van der Waals surface area contributed by atoms with Gasteiger partial charge in [-0.2, -0.15) is 0 Å². The Morgan fingerprint density at radius 2 is 1.80 bits per heavy atom. The molecular weight excluding hydrogens is 188 g/mol. The van der Waals surface area contributed by atoms with Crippen molar-refractivity contribution in [3.05, 3.63) is 0 Å². The third kappa shape index (κ3) is 2.14. The first-order chi connectivity index (χ1) is 6.96. The minimum absolute atomic E-state index is 0.0742. The average molecular weight is 210 g/mol. The van der Waals surface area contributed by atoms with Crippen molar-refractivity contribution in [1.82, 2.24) is 0 Å². The van der Waals surface area contributed by atoms with Crippen LogP contribution >= 0.6 is 0 Å². The Bertz CT molecular complexity index is 264. The lowest BCUT2D eigenvalue weighted by Crippen LogP contribution is -2.44. The molecule has 0 N–H and O–H groups in total. The number of rotatable bonds is 3. The van der Waals surface area contributed by atoms with Gasteiger partial charge in [0.25, 0.3) is 0 Å². The van der Waals surface area contributed by atoms with E-state index in [2.05, 4.69) is 20.8 Å².